The summed E-state index contributed by atoms with van der Waals surface area (Å²) >= 11 is 0. The van der Waals surface area contributed by atoms with E-state index in [2.05, 4.69) is 0 Å². The van der Waals surface area contributed by atoms with E-state index in [1.807, 2.05) is 0 Å². The number of nitrogens with two attached hydrogens (primary N) is 1. The third kappa shape index (κ3) is 3.03. The summed E-state index contributed by atoms with van der Waals surface area (Å²) in [5.41, 5.74) is 1.88. The topological polar surface area (TPSA) is 87.1 Å². The van der Waals surface area contributed by atoms with Crippen LogP contribution in [0.4, 0.5) is 13.2 Å². The van der Waals surface area contributed by atoms with Gasteiger partial charge in [-0.1, -0.05) is 12.1 Å². The van der Waals surface area contributed by atoms with Crippen molar-refractivity contribution in [3.8, 4) is 6.07 Å². The van der Waals surface area contributed by atoms with Gasteiger partial charge >= 0.3 is 6.18 Å². The Labute approximate surface area is 107 Å². The first kappa shape index (κ1) is 15.0. The number of benzene rings is 1. The monoisotopic (exact) mass is 272 g/mol. The molecule has 0 fully saturated rings. The van der Waals surface area contributed by atoms with Crippen LogP contribution in [-0.4, -0.2) is 22.8 Å². The number of nitriles is 1. The molecule has 1 amide bonds. The van der Waals surface area contributed by atoms with E-state index in [1.54, 1.807) is 6.07 Å². The molecule has 0 spiro atoms. The lowest BCUT2D eigenvalue weighted by atomic mass is 9.82. The molecule has 1 rings (SSSR count). The number of hydrogen-bond acceptors (Lipinski definition) is 3. The van der Waals surface area contributed by atoms with Gasteiger partial charge < -0.3 is 10.8 Å². The predicted molar refractivity (Wildman–Crippen MR) is 59.8 cm³/mol. The summed E-state index contributed by atoms with van der Waals surface area (Å²) in [6, 6.07) is 6.17. The number of carbonyl (C=O) groups excluding carboxylic acids is 1. The van der Waals surface area contributed by atoms with Crippen LogP contribution in [0.15, 0.2) is 24.3 Å². The van der Waals surface area contributed by atoms with E-state index in [0.29, 0.717) is 6.92 Å². The number of nitrogens with zero attached hydrogens (tertiary/aromatic N) is 1. The minimum absolute atomic E-state index is 0.170. The van der Waals surface area contributed by atoms with Crippen LogP contribution in [0.5, 0.6) is 0 Å². The van der Waals surface area contributed by atoms with Crippen LogP contribution in [0.1, 0.15) is 24.0 Å². The van der Waals surface area contributed by atoms with Crippen LogP contribution < -0.4 is 5.73 Å². The van der Waals surface area contributed by atoms with Gasteiger partial charge in [0.1, 0.15) is 5.92 Å². The summed E-state index contributed by atoms with van der Waals surface area (Å²) in [6.07, 6.45) is -4.85. The van der Waals surface area contributed by atoms with Crippen LogP contribution in [0, 0.1) is 11.3 Å². The number of aliphatic hydroxyl groups is 1. The van der Waals surface area contributed by atoms with Crippen molar-refractivity contribution in [2.24, 2.45) is 5.73 Å². The van der Waals surface area contributed by atoms with Crippen molar-refractivity contribution in [1.29, 1.82) is 5.26 Å². The van der Waals surface area contributed by atoms with Gasteiger partial charge in [-0.3, -0.25) is 4.79 Å². The van der Waals surface area contributed by atoms with Crippen molar-refractivity contribution in [1.82, 2.24) is 0 Å². The average molecular weight is 272 g/mol. The first-order chi connectivity index (χ1) is 8.60. The van der Waals surface area contributed by atoms with Gasteiger partial charge in [0.15, 0.2) is 5.60 Å². The molecule has 0 aromatic heterocycles. The summed E-state index contributed by atoms with van der Waals surface area (Å²) in [5.74, 6) is -3.93. The highest BCUT2D eigenvalue weighted by Gasteiger charge is 2.54. The largest absolute Gasteiger partial charge is 0.399 e. The van der Waals surface area contributed by atoms with Gasteiger partial charge in [0.05, 0.1) is 11.6 Å². The minimum Gasteiger partial charge on any atom is -0.379 e. The number of amides is 1. The number of alkyl halides is 3. The van der Waals surface area contributed by atoms with E-state index < -0.39 is 23.6 Å². The Balaban J connectivity index is 3.33. The molecule has 2 unspecified atom stereocenters. The summed E-state index contributed by atoms with van der Waals surface area (Å²) in [7, 11) is 0. The number of hydrogen-bond donors (Lipinski definition) is 2. The smallest absolute Gasteiger partial charge is 0.379 e. The average Bonchev–Trinajstić information content (AvgIpc) is 2.27. The van der Waals surface area contributed by atoms with Gasteiger partial charge in [-0.05, 0) is 24.6 Å². The lowest BCUT2D eigenvalue weighted by Gasteiger charge is -2.32. The quantitative estimate of drug-likeness (QED) is 0.872. The molecule has 2 atom stereocenters. The Morgan fingerprint density at radius 1 is 1.37 bits per heavy atom. The molecule has 1 aromatic rings. The van der Waals surface area contributed by atoms with E-state index in [-0.39, 0.29) is 11.1 Å². The molecule has 0 aliphatic heterocycles. The standard InChI is InChI=1S/C12H11F3N2O2/c1-11(19,10(17)18)9(12(13,14)15)8-4-2-7(6-16)3-5-8/h2-5,9,19H,1H3,(H2,17,18). The second-order valence-corrected chi connectivity index (χ2v) is 4.22. The second kappa shape index (κ2) is 4.90. The second-order valence-electron chi connectivity index (χ2n) is 4.22. The van der Waals surface area contributed by atoms with Crippen molar-refractivity contribution in [3.63, 3.8) is 0 Å². The van der Waals surface area contributed by atoms with E-state index in [0.717, 1.165) is 12.1 Å². The van der Waals surface area contributed by atoms with E-state index in [9.17, 15) is 23.1 Å². The summed E-state index contributed by atoms with van der Waals surface area (Å²) in [4.78, 5) is 11.0. The first-order valence-electron chi connectivity index (χ1n) is 5.19. The third-order valence-corrected chi connectivity index (χ3v) is 2.76. The van der Waals surface area contributed by atoms with Crippen molar-refractivity contribution < 1.29 is 23.1 Å². The maximum Gasteiger partial charge on any atom is 0.399 e. The fourth-order valence-electron chi connectivity index (χ4n) is 1.72. The zero-order valence-corrected chi connectivity index (χ0v) is 9.90. The SMILES string of the molecule is CC(O)(C(N)=O)C(c1ccc(C#N)cc1)C(F)(F)F. The molecule has 4 nitrogen and oxygen atoms in total. The minimum atomic E-state index is -4.85. The molecule has 0 saturated carbocycles. The van der Waals surface area contributed by atoms with Crippen LogP contribution in [0.3, 0.4) is 0 Å². The van der Waals surface area contributed by atoms with Gasteiger partial charge in [-0.2, -0.15) is 18.4 Å². The molecule has 0 heterocycles. The highest BCUT2D eigenvalue weighted by atomic mass is 19.4. The predicted octanol–water partition coefficient (Wildman–Crippen LogP) is 1.44. The van der Waals surface area contributed by atoms with Crippen molar-refractivity contribution >= 4 is 5.91 Å². The molecule has 102 valence electrons. The molecular formula is C12H11F3N2O2. The Morgan fingerprint density at radius 3 is 2.16 bits per heavy atom. The lowest BCUT2D eigenvalue weighted by molar-refractivity contribution is -0.195. The number of halogens is 3. The normalized spacial score (nSPS) is 16.2. The molecule has 3 N–H and O–H groups in total. The van der Waals surface area contributed by atoms with E-state index in [4.69, 9.17) is 11.0 Å². The third-order valence-electron chi connectivity index (χ3n) is 2.76. The number of rotatable bonds is 3. The molecule has 0 bridgehead atoms. The number of carbonyl (C=O) groups is 1. The van der Waals surface area contributed by atoms with Gasteiger partial charge in [0.2, 0.25) is 5.91 Å². The summed E-state index contributed by atoms with van der Waals surface area (Å²) in [5, 5.41) is 18.3. The lowest BCUT2D eigenvalue weighted by Crippen LogP contribution is -2.51. The van der Waals surface area contributed by atoms with Crippen molar-refractivity contribution in [2.75, 3.05) is 0 Å². The maximum absolute atomic E-state index is 13.0. The van der Waals surface area contributed by atoms with Crippen molar-refractivity contribution in [3.05, 3.63) is 35.4 Å². The fourth-order valence-corrected chi connectivity index (χ4v) is 1.72. The Kier molecular flexibility index (Phi) is 3.86. The molecule has 0 radical (unpaired) electrons. The molecule has 19 heavy (non-hydrogen) atoms. The van der Waals surface area contributed by atoms with Gasteiger partial charge in [0, 0.05) is 0 Å². The van der Waals surface area contributed by atoms with Crippen molar-refractivity contribution in [2.45, 2.75) is 24.6 Å². The van der Waals surface area contributed by atoms with Crippen LogP contribution in [-0.2, 0) is 4.79 Å². The zero-order chi connectivity index (χ0) is 14.8. The zero-order valence-electron chi connectivity index (χ0n) is 9.90. The molecule has 0 saturated heterocycles. The highest BCUT2D eigenvalue weighted by molar-refractivity contribution is 5.84. The van der Waals surface area contributed by atoms with Gasteiger partial charge in [-0.15, -0.1) is 0 Å². The molecule has 7 heteroatoms. The Hall–Kier alpha value is -2.07. The highest BCUT2D eigenvalue weighted by Crippen LogP contribution is 2.42. The maximum atomic E-state index is 13.0. The van der Waals surface area contributed by atoms with E-state index in [1.165, 1.54) is 12.1 Å². The van der Waals surface area contributed by atoms with E-state index >= 15 is 0 Å². The van der Waals surface area contributed by atoms with Gasteiger partial charge in [0.25, 0.3) is 0 Å². The molecule has 0 aliphatic carbocycles. The summed E-state index contributed by atoms with van der Waals surface area (Å²) < 4.78 is 39.0. The van der Waals surface area contributed by atoms with Crippen LogP contribution in [0.25, 0.3) is 0 Å². The fraction of sp³-hybridized carbons (Fsp3) is 0.333. The van der Waals surface area contributed by atoms with Crippen LogP contribution in [0.2, 0.25) is 0 Å². The van der Waals surface area contributed by atoms with Crippen LogP contribution >= 0.6 is 0 Å². The Bertz CT molecular complexity index is 515. The first-order valence-corrected chi connectivity index (χ1v) is 5.19. The number of primary amides is 1. The van der Waals surface area contributed by atoms with Gasteiger partial charge in [-0.25, -0.2) is 0 Å². The Morgan fingerprint density at radius 2 is 1.84 bits per heavy atom. The summed E-state index contributed by atoms with van der Waals surface area (Å²) in [6.45, 7) is 0.714. The molecule has 0 aliphatic rings. The molecular weight excluding hydrogens is 261 g/mol. The molecule has 1 aromatic carbocycles.